The average molecular weight is 432 g/mol. The van der Waals surface area contributed by atoms with Gasteiger partial charge >= 0.3 is 0 Å². The minimum atomic E-state index is 0. The number of rotatable bonds is 4. The second kappa shape index (κ2) is 8.95. The summed E-state index contributed by atoms with van der Waals surface area (Å²) < 4.78 is 5.44. The number of anilines is 1. The number of carbonyl (C=O) groups is 1. The third-order valence-electron chi connectivity index (χ3n) is 3.40. The molecule has 1 aromatic rings. The molecule has 1 aliphatic rings. The highest BCUT2D eigenvalue weighted by molar-refractivity contribution is 14.0. The van der Waals surface area contributed by atoms with Gasteiger partial charge in [-0.25, -0.2) is 0 Å². The van der Waals surface area contributed by atoms with Gasteiger partial charge in [0.15, 0.2) is 12.6 Å². The van der Waals surface area contributed by atoms with Crippen LogP contribution in [-0.4, -0.2) is 69.6 Å². The minimum absolute atomic E-state index is 0. The van der Waals surface area contributed by atoms with Gasteiger partial charge in [-0.05, 0) is 18.6 Å². The van der Waals surface area contributed by atoms with Crippen molar-refractivity contribution >= 4 is 41.5 Å². The van der Waals surface area contributed by atoms with Crippen LogP contribution in [0.3, 0.4) is 0 Å². The van der Waals surface area contributed by atoms with Gasteiger partial charge in [-0.15, -0.1) is 24.0 Å². The monoisotopic (exact) mass is 432 g/mol. The maximum absolute atomic E-state index is 12.1. The summed E-state index contributed by atoms with van der Waals surface area (Å²) in [5, 5.41) is 0. The quantitative estimate of drug-likeness (QED) is 0.316. The lowest BCUT2D eigenvalue weighted by molar-refractivity contribution is -0.121. The molecule has 0 N–H and O–H groups in total. The molecule has 0 radical (unpaired) electrons. The van der Waals surface area contributed by atoms with Gasteiger partial charge in [0, 0.05) is 41.3 Å². The number of carbonyl (C=O) groups excluding carboxylic acids is 1. The third-order valence-corrected chi connectivity index (χ3v) is 3.40. The molecule has 1 heterocycles. The molecular weight excluding hydrogens is 407 g/mol. The topological polar surface area (TPSA) is 48.4 Å². The lowest BCUT2D eigenvalue weighted by Gasteiger charge is -2.29. The van der Waals surface area contributed by atoms with Gasteiger partial charge in [0.1, 0.15) is 5.75 Å². The molecular formula is C16H25IN4O2. The third kappa shape index (κ3) is 4.98. The first-order valence-electron chi connectivity index (χ1n) is 7.42. The molecule has 7 heteroatoms. The summed E-state index contributed by atoms with van der Waals surface area (Å²) in [6.07, 6.45) is 0.811. The molecule has 0 bridgehead atoms. The molecule has 0 aliphatic carbocycles. The Bertz CT molecular complexity index is 551. The Hall–Kier alpha value is -1.51. The normalized spacial score (nSPS) is 12.7. The summed E-state index contributed by atoms with van der Waals surface area (Å²) in [7, 11) is 7.89. The van der Waals surface area contributed by atoms with Crippen molar-refractivity contribution < 1.29 is 9.53 Å². The largest absolute Gasteiger partial charge is 0.482 e. The molecule has 1 aliphatic heterocycles. The Labute approximate surface area is 155 Å². The summed E-state index contributed by atoms with van der Waals surface area (Å²) in [5.74, 6) is 1.70. The Kier molecular flexibility index (Phi) is 7.60. The van der Waals surface area contributed by atoms with Crippen LogP contribution in [-0.2, 0) is 4.79 Å². The zero-order valence-electron chi connectivity index (χ0n) is 14.2. The molecule has 0 saturated carbocycles. The smallest absolute Gasteiger partial charge is 0.265 e. The van der Waals surface area contributed by atoms with Crippen LogP contribution in [0.15, 0.2) is 29.3 Å². The molecule has 2 rings (SSSR count). The zero-order valence-corrected chi connectivity index (χ0v) is 16.5. The van der Waals surface area contributed by atoms with Gasteiger partial charge in [0.2, 0.25) is 0 Å². The van der Waals surface area contributed by atoms with Crippen molar-refractivity contribution in [1.29, 1.82) is 0 Å². The Morgan fingerprint density at radius 2 is 1.87 bits per heavy atom. The lowest BCUT2D eigenvalue weighted by atomic mass is 10.2. The number of hydrogen-bond donors (Lipinski definition) is 0. The van der Waals surface area contributed by atoms with E-state index in [1.54, 1.807) is 4.90 Å². The van der Waals surface area contributed by atoms with Crippen molar-refractivity contribution in [3.05, 3.63) is 24.3 Å². The number of para-hydroxylation sites is 2. The van der Waals surface area contributed by atoms with E-state index in [1.165, 1.54) is 0 Å². The van der Waals surface area contributed by atoms with Crippen molar-refractivity contribution in [2.75, 3.05) is 52.8 Å². The van der Waals surface area contributed by atoms with Crippen molar-refractivity contribution in [2.45, 2.75) is 6.42 Å². The Balaban J connectivity index is 0.00000264. The molecule has 0 unspecified atom stereocenters. The zero-order chi connectivity index (χ0) is 16.1. The molecule has 1 aromatic carbocycles. The second-order valence-electron chi connectivity index (χ2n) is 5.63. The fourth-order valence-corrected chi connectivity index (χ4v) is 2.49. The molecule has 0 atom stereocenters. The summed E-state index contributed by atoms with van der Waals surface area (Å²) in [4.78, 5) is 22.4. The van der Waals surface area contributed by atoms with Gasteiger partial charge in [0.05, 0.1) is 5.69 Å². The number of benzene rings is 1. The second-order valence-corrected chi connectivity index (χ2v) is 5.63. The summed E-state index contributed by atoms with van der Waals surface area (Å²) in [6.45, 7) is 1.44. The number of hydrogen-bond acceptors (Lipinski definition) is 3. The van der Waals surface area contributed by atoms with E-state index in [-0.39, 0.29) is 36.5 Å². The van der Waals surface area contributed by atoms with Crippen LogP contribution in [0.5, 0.6) is 5.75 Å². The first-order valence-corrected chi connectivity index (χ1v) is 7.42. The number of aliphatic imine (C=N–C) groups is 1. The first-order chi connectivity index (χ1) is 10.5. The van der Waals surface area contributed by atoms with E-state index in [2.05, 4.69) is 4.99 Å². The fourth-order valence-electron chi connectivity index (χ4n) is 2.49. The highest BCUT2D eigenvalue weighted by Gasteiger charge is 2.24. The molecule has 23 heavy (non-hydrogen) atoms. The van der Waals surface area contributed by atoms with Crippen LogP contribution in [0.2, 0.25) is 0 Å². The number of amides is 1. The van der Waals surface area contributed by atoms with Crippen molar-refractivity contribution in [3.8, 4) is 5.75 Å². The number of ether oxygens (including phenoxy) is 1. The maximum Gasteiger partial charge on any atom is 0.265 e. The molecule has 6 nitrogen and oxygen atoms in total. The lowest BCUT2D eigenvalue weighted by Crippen LogP contribution is -2.39. The number of fused-ring (bicyclic) bond motifs is 1. The number of nitrogens with zero attached hydrogens (tertiary/aromatic N) is 4. The average Bonchev–Trinajstić information content (AvgIpc) is 2.48. The molecule has 0 spiro atoms. The number of guanidine groups is 1. The summed E-state index contributed by atoms with van der Waals surface area (Å²) in [5.41, 5.74) is 0.850. The van der Waals surface area contributed by atoms with Crippen LogP contribution >= 0.6 is 24.0 Å². The standard InChI is InChI=1S/C16H24N4O2.HI/c1-18(2)16(19(3)4)17-10-7-11-20-13-8-5-6-9-14(13)22-12-15(20)21;/h5-6,8-9H,7,10-12H2,1-4H3;1H. The fraction of sp³-hybridized carbons (Fsp3) is 0.500. The maximum atomic E-state index is 12.1. The van der Waals surface area contributed by atoms with E-state index in [1.807, 2.05) is 62.3 Å². The number of halogens is 1. The van der Waals surface area contributed by atoms with E-state index >= 15 is 0 Å². The van der Waals surface area contributed by atoms with Crippen LogP contribution in [0.1, 0.15) is 6.42 Å². The van der Waals surface area contributed by atoms with Gasteiger partial charge in [-0.2, -0.15) is 0 Å². The van der Waals surface area contributed by atoms with Crippen LogP contribution in [0.25, 0.3) is 0 Å². The van der Waals surface area contributed by atoms with Gasteiger partial charge in [-0.1, -0.05) is 12.1 Å². The predicted molar refractivity (Wildman–Crippen MR) is 104 cm³/mol. The highest BCUT2D eigenvalue weighted by Crippen LogP contribution is 2.31. The summed E-state index contributed by atoms with van der Waals surface area (Å²) >= 11 is 0. The van der Waals surface area contributed by atoms with Crippen LogP contribution < -0.4 is 9.64 Å². The van der Waals surface area contributed by atoms with E-state index in [4.69, 9.17) is 4.74 Å². The Morgan fingerprint density at radius 3 is 2.52 bits per heavy atom. The van der Waals surface area contributed by atoms with Crippen LogP contribution in [0.4, 0.5) is 5.69 Å². The minimum Gasteiger partial charge on any atom is -0.482 e. The van der Waals surface area contributed by atoms with Crippen molar-refractivity contribution in [1.82, 2.24) is 9.80 Å². The van der Waals surface area contributed by atoms with E-state index in [0.29, 0.717) is 13.1 Å². The van der Waals surface area contributed by atoms with Crippen molar-refractivity contribution in [3.63, 3.8) is 0 Å². The Morgan fingerprint density at radius 1 is 1.22 bits per heavy atom. The van der Waals surface area contributed by atoms with E-state index < -0.39 is 0 Å². The van der Waals surface area contributed by atoms with Gasteiger partial charge in [0.25, 0.3) is 5.91 Å². The van der Waals surface area contributed by atoms with Gasteiger partial charge in [-0.3, -0.25) is 9.79 Å². The first kappa shape index (κ1) is 19.5. The van der Waals surface area contributed by atoms with E-state index in [0.717, 1.165) is 23.8 Å². The van der Waals surface area contributed by atoms with Gasteiger partial charge < -0.3 is 19.4 Å². The molecule has 0 aromatic heterocycles. The molecule has 0 saturated heterocycles. The SMILES string of the molecule is CN(C)C(=NCCCN1C(=O)COc2ccccc21)N(C)C.I. The predicted octanol–water partition coefficient (Wildman–Crippen LogP) is 1.90. The van der Waals surface area contributed by atoms with Crippen molar-refractivity contribution in [2.24, 2.45) is 4.99 Å². The molecule has 1 amide bonds. The summed E-state index contributed by atoms with van der Waals surface area (Å²) in [6, 6.07) is 7.64. The van der Waals surface area contributed by atoms with E-state index in [9.17, 15) is 4.79 Å². The highest BCUT2D eigenvalue weighted by atomic mass is 127. The molecule has 128 valence electrons. The molecule has 0 fully saturated rings. The van der Waals surface area contributed by atoms with Crippen LogP contribution in [0, 0.1) is 0 Å².